The van der Waals surface area contributed by atoms with Crippen molar-refractivity contribution in [2.24, 2.45) is 5.92 Å². The van der Waals surface area contributed by atoms with Gasteiger partial charge in [0.1, 0.15) is 5.82 Å². The maximum atomic E-state index is 13.8. The van der Waals surface area contributed by atoms with Gasteiger partial charge in [-0.05, 0) is 48.1 Å². The fourth-order valence-corrected chi connectivity index (χ4v) is 4.21. The van der Waals surface area contributed by atoms with E-state index >= 15 is 0 Å². The highest BCUT2D eigenvalue weighted by Crippen LogP contribution is 2.29. The van der Waals surface area contributed by atoms with Gasteiger partial charge in [0.05, 0.1) is 11.6 Å². The molecule has 2 atom stereocenters. The van der Waals surface area contributed by atoms with Gasteiger partial charge in [0.25, 0.3) is 0 Å². The third-order valence-electron chi connectivity index (χ3n) is 5.83. The molecule has 1 heterocycles. The molecule has 0 radical (unpaired) electrons. The Hall–Kier alpha value is -2.45. The van der Waals surface area contributed by atoms with Crippen LogP contribution in [0.25, 0.3) is 0 Å². The molecule has 3 rings (SSSR count). The van der Waals surface area contributed by atoms with Gasteiger partial charge in [-0.25, -0.2) is 4.39 Å². The molecule has 2 N–H and O–H groups in total. The number of hydrogen-bond acceptors (Lipinski definition) is 3. The average Bonchev–Trinajstić information content (AvgIpc) is 3.15. The summed E-state index contributed by atoms with van der Waals surface area (Å²) in [5.74, 6) is 0.0276. The first-order valence-electron chi connectivity index (χ1n) is 11.3. The van der Waals surface area contributed by atoms with E-state index < -0.39 is 11.7 Å². The Morgan fingerprint density at radius 1 is 1.12 bits per heavy atom. The zero-order valence-electron chi connectivity index (χ0n) is 19.0. The number of benzene rings is 2. The normalized spacial score (nSPS) is 19.2. The van der Waals surface area contributed by atoms with Crippen molar-refractivity contribution in [3.8, 4) is 0 Å². The fraction of sp³-hybridized carbons (Fsp3) is 0.480. The van der Waals surface area contributed by atoms with Crippen molar-refractivity contribution >= 4 is 5.91 Å². The highest BCUT2D eigenvalue weighted by atomic mass is 19.4. The molecule has 2 aromatic carbocycles. The zero-order chi connectivity index (χ0) is 24.0. The second kappa shape index (κ2) is 11.1. The minimum absolute atomic E-state index is 0.0494. The van der Waals surface area contributed by atoms with Crippen LogP contribution in [0.15, 0.2) is 48.5 Å². The third kappa shape index (κ3) is 7.27. The molecule has 2 aromatic rings. The molecular formula is C25H31F4N3O. The molecule has 33 heavy (non-hydrogen) atoms. The molecule has 4 nitrogen and oxygen atoms in total. The van der Waals surface area contributed by atoms with Crippen LogP contribution in [-0.4, -0.2) is 42.5 Å². The predicted molar refractivity (Wildman–Crippen MR) is 120 cm³/mol. The lowest BCUT2D eigenvalue weighted by molar-refractivity contribution is -0.137. The fourth-order valence-electron chi connectivity index (χ4n) is 4.21. The number of amides is 1. The number of halogens is 4. The number of likely N-dealkylation sites (tertiary alicyclic amines) is 1. The van der Waals surface area contributed by atoms with Crippen LogP contribution in [0.3, 0.4) is 0 Å². The van der Waals surface area contributed by atoms with Gasteiger partial charge >= 0.3 is 6.18 Å². The summed E-state index contributed by atoms with van der Waals surface area (Å²) in [4.78, 5) is 15.0. The molecule has 0 aromatic heterocycles. The lowest BCUT2D eigenvalue weighted by Gasteiger charge is -2.25. The van der Waals surface area contributed by atoms with Crippen LogP contribution in [0.4, 0.5) is 17.6 Å². The Bertz CT molecular complexity index is 915. The average molecular weight is 466 g/mol. The number of hydrogen-bond donors (Lipinski definition) is 2. The highest BCUT2D eigenvalue weighted by molar-refractivity contribution is 5.82. The van der Waals surface area contributed by atoms with Crippen LogP contribution in [0.2, 0.25) is 0 Å². The minimum atomic E-state index is -4.35. The molecular weight excluding hydrogens is 434 g/mol. The first kappa shape index (κ1) is 25.2. The van der Waals surface area contributed by atoms with E-state index in [1.165, 1.54) is 18.2 Å². The zero-order valence-corrected chi connectivity index (χ0v) is 19.0. The van der Waals surface area contributed by atoms with Crippen LogP contribution in [0.5, 0.6) is 0 Å². The van der Waals surface area contributed by atoms with E-state index in [4.69, 9.17) is 0 Å². The van der Waals surface area contributed by atoms with E-state index in [0.29, 0.717) is 44.0 Å². The second-order valence-electron chi connectivity index (χ2n) is 9.00. The van der Waals surface area contributed by atoms with E-state index in [1.807, 2.05) is 0 Å². The van der Waals surface area contributed by atoms with Crippen LogP contribution < -0.4 is 10.6 Å². The minimum Gasteiger partial charge on any atom is -0.354 e. The van der Waals surface area contributed by atoms with Gasteiger partial charge in [0, 0.05) is 32.2 Å². The van der Waals surface area contributed by atoms with Gasteiger partial charge in [-0.3, -0.25) is 9.69 Å². The Kier molecular flexibility index (Phi) is 8.48. The van der Waals surface area contributed by atoms with Crippen molar-refractivity contribution in [3.05, 3.63) is 71.0 Å². The van der Waals surface area contributed by atoms with Gasteiger partial charge in [0.2, 0.25) is 5.91 Å². The van der Waals surface area contributed by atoms with Crippen molar-refractivity contribution in [1.29, 1.82) is 0 Å². The largest absolute Gasteiger partial charge is 0.416 e. The number of carbonyl (C=O) groups excluding carboxylic acids is 1. The van der Waals surface area contributed by atoms with Gasteiger partial charge in [-0.2, -0.15) is 13.2 Å². The first-order chi connectivity index (χ1) is 15.6. The quantitative estimate of drug-likeness (QED) is 0.540. The standard InChI is InChI=1S/C25H31F4N3O/c1-17(2)15-32-16-21(31-14-18-7-9-20(10-8-18)25(27,28)29)13-23(32)24(33)30-12-11-19-5-3-4-6-22(19)26/h3-10,17,21,23,31H,11-16H2,1-2H3,(H,30,33)/t21-,23+/m1/s1. The van der Waals surface area contributed by atoms with E-state index in [1.54, 1.807) is 18.2 Å². The molecule has 0 aliphatic carbocycles. The van der Waals surface area contributed by atoms with Crippen molar-refractivity contribution in [2.75, 3.05) is 19.6 Å². The summed E-state index contributed by atoms with van der Waals surface area (Å²) in [5.41, 5.74) is 0.665. The lowest BCUT2D eigenvalue weighted by atomic mass is 10.1. The summed E-state index contributed by atoms with van der Waals surface area (Å²) >= 11 is 0. The maximum Gasteiger partial charge on any atom is 0.416 e. The monoisotopic (exact) mass is 465 g/mol. The van der Waals surface area contributed by atoms with Crippen molar-refractivity contribution in [1.82, 2.24) is 15.5 Å². The van der Waals surface area contributed by atoms with Crippen molar-refractivity contribution in [2.45, 2.75) is 51.5 Å². The third-order valence-corrected chi connectivity index (χ3v) is 5.83. The molecule has 0 spiro atoms. The topological polar surface area (TPSA) is 44.4 Å². The number of alkyl halides is 3. The van der Waals surface area contributed by atoms with Gasteiger partial charge < -0.3 is 10.6 Å². The molecule has 1 aliphatic heterocycles. The smallest absolute Gasteiger partial charge is 0.354 e. The van der Waals surface area contributed by atoms with Crippen molar-refractivity contribution in [3.63, 3.8) is 0 Å². The van der Waals surface area contributed by atoms with Gasteiger partial charge in [-0.1, -0.05) is 44.2 Å². The molecule has 1 saturated heterocycles. The second-order valence-corrected chi connectivity index (χ2v) is 9.00. The lowest BCUT2D eigenvalue weighted by Crippen LogP contribution is -2.45. The Labute approximate surface area is 192 Å². The van der Waals surface area contributed by atoms with Crippen LogP contribution in [-0.2, 0) is 23.9 Å². The summed E-state index contributed by atoms with van der Waals surface area (Å²) < 4.78 is 52.0. The molecule has 0 unspecified atom stereocenters. The molecule has 0 saturated carbocycles. The molecule has 180 valence electrons. The van der Waals surface area contributed by atoms with Gasteiger partial charge in [-0.15, -0.1) is 0 Å². The number of carbonyl (C=O) groups is 1. The molecule has 1 fully saturated rings. The van der Waals surface area contributed by atoms with E-state index in [2.05, 4.69) is 29.4 Å². The Balaban J connectivity index is 1.54. The number of nitrogens with one attached hydrogen (secondary N) is 2. The Morgan fingerprint density at radius 2 is 1.82 bits per heavy atom. The highest BCUT2D eigenvalue weighted by Gasteiger charge is 2.36. The predicted octanol–water partition coefficient (Wildman–Crippen LogP) is 4.39. The van der Waals surface area contributed by atoms with E-state index in [9.17, 15) is 22.4 Å². The van der Waals surface area contributed by atoms with Crippen molar-refractivity contribution < 1.29 is 22.4 Å². The summed E-state index contributed by atoms with van der Waals surface area (Å²) in [6, 6.07) is 11.4. The first-order valence-corrected chi connectivity index (χ1v) is 11.3. The summed E-state index contributed by atoms with van der Waals surface area (Å²) in [6.07, 6.45) is -3.31. The van der Waals surface area contributed by atoms with Gasteiger partial charge in [0.15, 0.2) is 0 Å². The van der Waals surface area contributed by atoms with Crippen LogP contribution in [0.1, 0.15) is 37.0 Å². The summed E-state index contributed by atoms with van der Waals surface area (Å²) in [7, 11) is 0. The molecule has 1 amide bonds. The molecule has 1 aliphatic rings. The van der Waals surface area contributed by atoms with Crippen LogP contribution in [0, 0.1) is 11.7 Å². The summed E-state index contributed by atoms with van der Waals surface area (Å²) in [6.45, 7) is 6.43. The van der Waals surface area contributed by atoms with Crippen LogP contribution >= 0.6 is 0 Å². The molecule has 0 bridgehead atoms. The Morgan fingerprint density at radius 3 is 2.45 bits per heavy atom. The van der Waals surface area contributed by atoms with E-state index in [-0.39, 0.29) is 23.8 Å². The molecule has 8 heteroatoms. The maximum absolute atomic E-state index is 13.8. The number of rotatable bonds is 9. The number of nitrogens with zero attached hydrogens (tertiary/aromatic N) is 1. The summed E-state index contributed by atoms with van der Waals surface area (Å²) in [5, 5.41) is 6.32. The SMILES string of the molecule is CC(C)CN1C[C@H](NCc2ccc(C(F)(F)F)cc2)C[C@H]1C(=O)NCCc1ccccc1F. The van der Waals surface area contributed by atoms with E-state index in [0.717, 1.165) is 24.2 Å².